The van der Waals surface area contributed by atoms with E-state index >= 15 is 0 Å². The molecule has 100 valence electrons. The number of anilines is 1. The van der Waals surface area contributed by atoms with Gasteiger partial charge in [-0.15, -0.1) is 0 Å². The van der Waals surface area contributed by atoms with Gasteiger partial charge in [0.25, 0.3) is 0 Å². The Labute approximate surface area is 110 Å². The Hall–Kier alpha value is -2.19. The Morgan fingerprint density at radius 1 is 1.53 bits per heavy atom. The van der Waals surface area contributed by atoms with Crippen LogP contribution in [-0.4, -0.2) is 23.2 Å². The highest BCUT2D eigenvalue weighted by atomic mass is 16.5. The van der Waals surface area contributed by atoms with Crippen molar-refractivity contribution in [2.24, 2.45) is 11.6 Å². The van der Waals surface area contributed by atoms with Gasteiger partial charge in [-0.1, -0.05) is 6.07 Å². The third-order valence-electron chi connectivity index (χ3n) is 2.87. The summed E-state index contributed by atoms with van der Waals surface area (Å²) in [6.45, 7) is 0. The second-order valence-corrected chi connectivity index (χ2v) is 4.11. The van der Waals surface area contributed by atoms with E-state index in [0.29, 0.717) is 12.7 Å². The molecule has 0 unspecified atom stereocenters. The minimum atomic E-state index is -1.18. The van der Waals surface area contributed by atoms with E-state index in [9.17, 15) is 14.9 Å². The van der Waals surface area contributed by atoms with Crippen LogP contribution in [0.3, 0.4) is 0 Å². The summed E-state index contributed by atoms with van der Waals surface area (Å²) in [5, 5.41) is 19.9. The first-order chi connectivity index (χ1) is 9.04. The molecule has 1 aromatic carbocycles. The number of benzene rings is 1. The number of carboxylic acid groups (broad SMARTS) is 1. The van der Waals surface area contributed by atoms with Crippen molar-refractivity contribution in [1.82, 2.24) is 0 Å². The van der Waals surface area contributed by atoms with Gasteiger partial charge in [0.2, 0.25) is 0 Å². The van der Waals surface area contributed by atoms with Gasteiger partial charge in [-0.05, 0) is 24.4 Å². The number of carbonyl (C=O) groups is 1. The van der Waals surface area contributed by atoms with Gasteiger partial charge in [0.05, 0.1) is 5.69 Å². The molecule has 1 aromatic rings. The molecule has 19 heavy (non-hydrogen) atoms. The van der Waals surface area contributed by atoms with Crippen molar-refractivity contribution in [3.05, 3.63) is 35.7 Å². The normalized spacial score (nSPS) is 14.1. The van der Waals surface area contributed by atoms with Crippen molar-refractivity contribution in [3.63, 3.8) is 0 Å². The van der Waals surface area contributed by atoms with Crippen molar-refractivity contribution in [3.8, 4) is 5.75 Å². The highest BCUT2D eigenvalue weighted by molar-refractivity contribution is 6.44. The van der Waals surface area contributed by atoms with E-state index in [2.05, 4.69) is 0 Å². The molecule has 0 aliphatic carbocycles. The van der Waals surface area contributed by atoms with Gasteiger partial charge in [0, 0.05) is 12.4 Å². The first-order valence-electron chi connectivity index (χ1n) is 5.70. The number of rotatable bonds is 3. The van der Waals surface area contributed by atoms with Gasteiger partial charge in [0.1, 0.15) is 11.3 Å². The number of carboxylic acids is 1. The standard InChI is InChI=1S/C11H14BN3O4/c13-5-6-15(14)8-2-1-7-3-4-12(18)19-10(7)9(8)11(16)17/h1-2,5-6,18H,3-4,13-14H2,(H,16,17)/b6-5-. The minimum Gasteiger partial charge on any atom is -0.535 e. The van der Waals surface area contributed by atoms with E-state index in [1.807, 2.05) is 0 Å². The molecular formula is C11H14BN3O4. The summed E-state index contributed by atoms with van der Waals surface area (Å²) < 4.78 is 5.23. The monoisotopic (exact) mass is 263 g/mol. The molecule has 0 saturated carbocycles. The summed E-state index contributed by atoms with van der Waals surface area (Å²) in [4.78, 5) is 11.4. The maximum absolute atomic E-state index is 11.4. The van der Waals surface area contributed by atoms with Crippen LogP contribution in [0.5, 0.6) is 5.75 Å². The Morgan fingerprint density at radius 2 is 2.26 bits per heavy atom. The second kappa shape index (κ2) is 5.21. The van der Waals surface area contributed by atoms with Gasteiger partial charge in [0.15, 0.2) is 0 Å². The Morgan fingerprint density at radius 3 is 2.89 bits per heavy atom. The van der Waals surface area contributed by atoms with Crippen LogP contribution < -0.4 is 21.2 Å². The number of hydrazine groups is 1. The van der Waals surface area contributed by atoms with E-state index in [0.717, 1.165) is 10.6 Å². The van der Waals surface area contributed by atoms with Crippen LogP contribution in [0.1, 0.15) is 15.9 Å². The third kappa shape index (κ3) is 2.49. The summed E-state index contributed by atoms with van der Waals surface area (Å²) in [7, 11) is -1.00. The zero-order valence-corrected chi connectivity index (χ0v) is 10.1. The average Bonchev–Trinajstić information content (AvgIpc) is 2.37. The molecule has 1 heterocycles. The van der Waals surface area contributed by atoms with Gasteiger partial charge in [-0.2, -0.15) is 0 Å². The van der Waals surface area contributed by atoms with Gasteiger partial charge >= 0.3 is 13.1 Å². The lowest BCUT2D eigenvalue weighted by Crippen LogP contribution is -2.31. The van der Waals surface area contributed by atoms with Crippen LogP contribution in [-0.2, 0) is 6.42 Å². The van der Waals surface area contributed by atoms with Crippen molar-refractivity contribution in [2.75, 3.05) is 5.01 Å². The molecule has 0 bridgehead atoms. The number of hydrogen-bond donors (Lipinski definition) is 4. The molecule has 6 N–H and O–H groups in total. The van der Waals surface area contributed by atoms with Crippen LogP contribution in [0, 0.1) is 0 Å². The lowest BCUT2D eigenvalue weighted by atomic mass is 9.78. The summed E-state index contributed by atoms with van der Waals surface area (Å²) >= 11 is 0. The van der Waals surface area contributed by atoms with Crippen LogP contribution in [0.2, 0.25) is 6.32 Å². The van der Waals surface area contributed by atoms with Crippen molar-refractivity contribution >= 4 is 18.8 Å². The average molecular weight is 263 g/mol. The second-order valence-electron chi connectivity index (χ2n) is 4.11. The molecule has 0 radical (unpaired) electrons. The largest absolute Gasteiger partial charge is 0.535 e. The topological polar surface area (TPSA) is 122 Å². The maximum Gasteiger partial charge on any atom is 0.522 e. The SMILES string of the molecule is N/C=C\N(N)c1ccc2c(c1C(=O)O)OB(O)CC2. The number of nitrogens with zero attached hydrogens (tertiary/aromatic N) is 1. The number of aryl methyl sites for hydroxylation is 1. The van der Waals surface area contributed by atoms with Crippen molar-refractivity contribution < 1.29 is 19.6 Å². The lowest BCUT2D eigenvalue weighted by Gasteiger charge is -2.25. The number of nitrogens with two attached hydrogens (primary N) is 2. The van der Waals surface area contributed by atoms with Gasteiger partial charge in [-0.3, -0.25) is 5.01 Å². The predicted octanol–water partition coefficient (Wildman–Crippen LogP) is -0.0898. The zero-order valence-electron chi connectivity index (χ0n) is 10.1. The zero-order chi connectivity index (χ0) is 14.0. The van der Waals surface area contributed by atoms with Crippen molar-refractivity contribution in [1.29, 1.82) is 0 Å². The first-order valence-corrected chi connectivity index (χ1v) is 5.70. The predicted molar refractivity (Wildman–Crippen MR) is 70.5 cm³/mol. The van der Waals surface area contributed by atoms with Gasteiger partial charge < -0.3 is 20.5 Å². The molecule has 1 aliphatic rings. The number of fused-ring (bicyclic) bond motifs is 1. The van der Waals surface area contributed by atoms with Crippen molar-refractivity contribution in [2.45, 2.75) is 12.7 Å². The molecule has 0 saturated heterocycles. The van der Waals surface area contributed by atoms with Crippen LogP contribution in [0.4, 0.5) is 5.69 Å². The molecule has 0 spiro atoms. The molecule has 2 rings (SSSR count). The van der Waals surface area contributed by atoms with E-state index in [1.54, 1.807) is 12.1 Å². The Kier molecular flexibility index (Phi) is 3.63. The fourth-order valence-corrected chi connectivity index (χ4v) is 2.02. The lowest BCUT2D eigenvalue weighted by molar-refractivity contribution is 0.0695. The summed E-state index contributed by atoms with van der Waals surface area (Å²) in [6.07, 6.45) is 3.50. The molecule has 0 atom stereocenters. The van der Waals surface area contributed by atoms with E-state index < -0.39 is 13.1 Å². The highest BCUT2D eigenvalue weighted by Gasteiger charge is 2.30. The molecule has 0 aromatic heterocycles. The smallest absolute Gasteiger partial charge is 0.522 e. The molecule has 1 aliphatic heterocycles. The van der Waals surface area contributed by atoms with Crippen LogP contribution in [0.25, 0.3) is 0 Å². The highest BCUT2D eigenvalue weighted by Crippen LogP contribution is 2.36. The third-order valence-corrected chi connectivity index (χ3v) is 2.87. The fraction of sp³-hybridized carbons (Fsp3) is 0.182. The minimum absolute atomic E-state index is 0.0862. The van der Waals surface area contributed by atoms with Crippen LogP contribution in [0.15, 0.2) is 24.5 Å². The summed E-state index contributed by atoms with van der Waals surface area (Å²) in [5.74, 6) is 4.68. The first kappa shape index (κ1) is 13.3. The number of aromatic carboxylic acids is 1. The van der Waals surface area contributed by atoms with E-state index in [4.69, 9.17) is 16.2 Å². The summed E-state index contributed by atoms with van der Waals surface area (Å²) in [5.41, 5.74) is 6.12. The molecule has 0 fully saturated rings. The molecule has 7 nitrogen and oxygen atoms in total. The summed E-state index contributed by atoms with van der Waals surface area (Å²) in [6, 6.07) is 3.32. The Bertz CT molecular complexity index is 535. The maximum atomic E-state index is 11.4. The van der Waals surface area contributed by atoms with Gasteiger partial charge in [-0.25, -0.2) is 10.6 Å². The fourth-order valence-electron chi connectivity index (χ4n) is 2.02. The number of hydrogen-bond acceptors (Lipinski definition) is 6. The quantitative estimate of drug-likeness (QED) is 0.341. The molecule has 8 heteroatoms. The molecular weight excluding hydrogens is 249 g/mol. The Balaban J connectivity index is 2.57. The van der Waals surface area contributed by atoms with Crippen LogP contribution >= 0.6 is 0 Å². The van der Waals surface area contributed by atoms with E-state index in [1.165, 1.54) is 12.4 Å². The van der Waals surface area contributed by atoms with E-state index in [-0.39, 0.29) is 17.0 Å². The molecule has 0 amide bonds.